The van der Waals surface area contributed by atoms with E-state index in [9.17, 15) is 8.42 Å². The summed E-state index contributed by atoms with van der Waals surface area (Å²) in [5, 5.41) is 7.48. The molecule has 1 fully saturated rings. The van der Waals surface area contributed by atoms with E-state index < -0.39 is 10.0 Å². The van der Waals surface area contributed by atoms with E-state index in [1.807, 2.05) is 13.0 Å². The number of benzene rings is 1. The second-order valence-corrected chi connectivity index (χ2v) is 6.91. The van der Waals surface area contributed by atoms with Crippen LogP contribution in [0.5, 0.6) is 0 Å². The van der Waals surface area contributed by atoms with Crippen molar-refractivity contribution in [1.29, 1.82) is 5.41 Å². The van der Waals surface area contributed by atoms with Gasteiger partial charge in [-0.15, -0.1) is 0 Å². The molecule has 0 radical (unpaired) electrons. The van der Waals surface area contributed by atoms with E-state index in [1.54, 1.807) is 18.2 Å². The maximum Gasteiger partial charge on any atom is 0.243 e. The van der Waals surface area contributed by atoms with Crippen LogP contribution in [-0.4, -0.2) is 31.6 Å². The fraction of sp³-hybridized carbons (Fsp3) is 0.462. The van der Waals surface area contributed by atoms with Crippen LogP contribution in [0.3, 0.4) is 0 Å². The minimum atomic E-state index is -3.47. The number of hydrogen-bond donors (Lipinski definition) is 2. The van der Waals surface area contributed by atoms with Gasteiger partial charge in [0.05, 0.1) is 10.7 Å². The van der Waals surface area contributed by atoms with Crippen molar-refractivity contribution in [3.63, 3.8) is 0 Å². The van der Waals surface area contributed by atoms with Gasteiger partial charge in [0.25, 0.3) is 0 Å². The summed E-state index contributed by atoms with van der Waals surface area (Å²) in [6.45, 7) is 2.68. The number of aryl methyl sites for hydroxylation is 1. The number of nitrogens with two attached hydrogens (primary N) is 1. The molecule has 1 unspecified atom stereocenters. The summed E-state index contributed by atoms with van der Waals surface area (Å²) in [5.74, 6) is -0.0857. The number of amidine groups is 1. The zero-order chi connectivity index (χ0) is 14.0. The molecule has 0 spiro atoms. The van der Waals surface area contributed by atoms with Crippen molar-refractivity contribution < 1.29 is 8.42 Å². The molecular formula is C13H19N3O2S. The lowest BCUT2D eigenvalue weighted by Gasteiger charge is -2.31. The van der Waals surface area contributed by atoms with Crippen molar-refractivity contribution in [2.45, 2.75) is 24.7 Å². The largest absolute Gasteiger partial charge is 0.387 e. The molecule has 0 saturated carbocycles. The Hall–Kier alpha value is -1.40. The highest BCUT2D eigenvalue weighted by atomic mass is 32.2. The van der Waals surface area contributed by atoms with Crippen molar-refractivity contribution in [1.82, 2.24) is 4.31 Å². The quantitative estimate of drug-likeness (QED) is 0.647. The van der Waals surface area contributed by atoms with E-state index in [4.69, 9.17) is 11.1 Å². The van der Waals surface area contributed by atoms with Crippen LogP contribution in [-0.2, 0) is 10.0 Å². The first-order valence-corrected chi connectivity index (χ1v) is 7.76. The predicted molar refractivity (Wildman–Crippen MR) is 74.6 cm³/mol. The number of sulfonamides is 1. The molecule has 1 aromatic carbocycles. The molecule has 0 amide bonds. The van der Waals surface area contributed by atoms with Crippen LogP contribution in [0.25, 0.3) is 0 Å². The first-order valence-electron chi connectivity index (χ1n) is 6.32. The zero-order valence-corrected chi connectivity index (χ0v) is 11.8. The van der Waals surface area contributed by atoms with Crippen LogP contribution in [0, 0.1) is 18.3 Å². The van der Waals surface area contributed by atoms with Gasteiger partial charge in [-0.25, -0.2) is 8.42 Å². The molecule has 104 valence electrons. The average molecular weight is 281 g/mol. The molecule has 0 bridgehead atoms. The Morgan fingerprint density at radius 1 is 1.47 bits per heavy atom. The standard InChI is InChI=1S/C13H19N3O2S/c1-10-4-2-6-12(8-10)19(17,18)16-7-3-5-11(9-16)13(14)15/h2,4,6,8,11H,3,5,7,9H2,1H3,(H3,14,15). The SMILES string of the molecule is Cc1cccc(S(=O)(=O)N2CCCC(C(=N)N)C2)c1. The summed E-state index contributed by atoms with van der Waals surface area (Å²) in [6.07, 6.45) is 1.53. The van der Waals surface area contributed by atoms with Gasteiger partial charge in [-0.1, -0.05) is 12.1 Å². The molecule has 1 heterocycles. The van der Waals surface area contributed by atoms with Gasteiger partial charge >= 0.3 is 0 Å². The van der Waals surface area contributed by atoms with Gasteiger partial charge in [-0.2, -0.15) is 4.31 Å². The fourth-order valence-corrected chi connectivity index (χ4v) is 3.97. The third-order valence-corrected chi connectivity index (χ3v) is 5.31. The lowest BCUT2D eigenvalue weighted by atomic mass is 9.99. The maximum absolute atomic E-state index is 12.5. The highest BCUT2D eigenvalue weighted by Gasteiger charge is 2.31. The van der Waals surface area contributed by atoms with Crippen LogP contribution in [0.15, 0.2) is 29.2 Å². The number of rotatable bonds is 3. The molecule has 5 nitrogen and oxygen atoms in total. The van der Waals surface area contributed by atoms with Gasteiger partial charge in [-0.3, -0.25) is 5.41 Å². The van der Waals surface area contributed by atoms with Crippen molar-refractivity contribution in [2.24, 2.45) is 11.7 Å². The van der Waals surface area contributed by atoms with Crippen LogP contribution >= 0.6 is 0 Å². The summed E-state index contributed by atoms with van der Waals surface area (Å²) in [4.78, 5) is 0.316. The Morgan fingerprint density at radius 3 is 2.84 bits per heavy atom. The van der Waals surface area contributed by atoms with Gasteiger partial charge in [-0.05, 0) is 37.5 Å². The minimum absolute atomic E-state index is 0.0733. The molecule has 1 atom stereocenters. The predicted octanol–water partition coefficient (Wildman–Crippen LogP) is 1.33. The van der Waals surface area contributed by atoms with Crippen molar-refractivity contribution >= 4 is 15.9 Å². The van der Waals surface area contributed by atoms with E-state index in [-0.39, 0.29) is 11.8 Å². The van der Waals surface area contributed by atoms with Crippen LogP contribution < -0.4 is 5.73 Å². The highest BCUT2D eigenvalue weighted by molar-refractivity contribution is 7.89. The van der Waals surface area contributed by atoms with Gasteiger partial charge in [0, 0.05) is 19.0 Å². The lowest BCUT2D eigenvalue weighted by Crippen LogP contribution is -2.43. The van der Waals surface area contributed by atoms with Crippen LogP contribution in [0.1, 0.15) is 18.4 Å². The Balaban J connectivity index is 2.27. The smallest absolute Gasteiger partial charge is 0.243 e. The Bertz CT molecular complexity index is 583. The average Bonchev–Trinajstić information content (AvgIpc) is 2.39. The summed E-state index contributed by atoms with van der Waals surface area (Å²) < 4.78 is 26.5. The molecule has 0 aromatic heterocycles. The van der Waals surface area contributed by atoms with Crippen molar-refractivity contribution in [3.05, 3.63) is 29.8 Å². The number of hydrogen-bond acceptors (Lipinski definition) is 3. The topological polar surface area (TPSA) is 87.2 Å². The van der Waals surface area contributed by atoms with E-state index in [1.165, 1.54) is 4.31 Å². The second kappa shape index (κ2) is 5.30. The molecular weight excluding hydrogens is 262 g/mol. The van der Waals surface area contributed by atoms with Gasteiger partial charge in [0.15, 0.2) is 0 Å². The maximum atomic E-state index is 12.5. The first kappa shape index (κ1) is 14.0. The minimum Gasteiger partial charge on any atom is -0.387 e. The molecule has 1 aliphatic rings. The Kier molecular flexibility index (Phi) is 3.91. The Labute approximate surface area is 114 Å². The molecule has 2 rings (SSSR count). The molecule has 3 N–H and O–H groups in total. The second-order valence-electron chi connectivity index (χ2n) is 4.97. The van der Waals surface area contributed by atoms with Gasteiger partial charge < -0.3 is 5.73 Å². The molecule has 0 aliphatic carbocycles. The molecule has 6 heteroatoms. The number of piperidine rings is 1. The lowest BCUT2D eigenvalue weighted by molar-refractivity contribution is 0.310. The molecule has 1 aliphatic heterocycles. The van der Waals surface area contributed by atoms with Crippen LogP contribution in [0.4, 0.5) is 0 Å². The Morgan fingerprint density at radius 2 is 2.21 bits per heavy atom. The highest BCUT2D eigenvalue weighted by Crippen LogP contribution is 2.24. The summed E-state index contributed by atoms with van der Waals surface area (Å²) in [6, 6.07) is 6.90. The van der Waals surface area contributed by atoms with Gasteiger partial charge in [0.1, 0.15) is 0 Å². The first-order chi connectivity index (χ1) is 8.91. The van der Waals surface area contributed by atoms with Gasteiger partial charge in [0.2, 0.25) is 10.0 Å². The fourth-order valence-electron chi connectivity index (χ4n) is 2.34. The summed E-state index contributed by atoms with van der Waals surface area (Å²) in [7, 11) is -3.47. The van der Waals surface area contributed by atoms with Crippen molar-refractivity contribution in [2.75, 3.05) is 13.1 Å². The molecule has 1 saturated heterocycles. The zero-order valence-electron chi connectivity index (χ0n) is 11.0. The third-order valence-electron chi connectivity index (χ3n) is 3.45. The van der Waals surface area contributed by atoms with E-state index in [2.05, 4.69) is 0 Å². The number of nitrogens with zero attached hydrogens (tertiary/aromatic N) is 1. The van der Waals surface area contributed by atoms with Crippen molar-refractivity contribution in [3.8, 4) is 0 Å². The monoisotopic (exact) mass is 281 g/mol. The van der Waals surface area contributed by atoms with E-state index in [0.717, 1.165) is 18.4 Å². The normalized spacial score (nSPS) is 21.2. The van der Waals surface area contributed by atoms with E-state index >= 15 is 0 Å². The van der Waals surface area contributed by atoms with Crippen LogP contribution in [0.2, 0.25) is 0 Å². The summed E-state index contributed by atoms with van der Waals surface area (Å²) in [5.41, 5.74) is 6.42. The molecule has 1 aromatic rings. The molecule has 19 heavy (non-hydrogen) atoms. The summed E-state index contributed by atoms with van der Waals surface area (Å²) >= 11 is 0. The third kappa shape index (κ3) is 2.96. The number of nitrogens with one attached hydrogen (secondary N) is 1. The van der Waals surface area contributed by atoms with E-state index in [0.29, 0.717) is 18.0 Å².